The lowest BCUT2D eigenvalue weighted by atomic mass is 9.98. The van der Waals surface area contributed by atoms with Gasteiger partial charge in [-0.25, -0.2) is 8.42 Å². The summed E-state index contributed by atoms with van der Waals surface area (Å²) in [4.78, 5) is 14.7. The Bertz CT molecular complexity index is 932. The number of hydrogen-bond acceptors (Lipinski definition) is 3. The highest BCUT2D eigenvalue weighted by Gasteiger charge is 2.25. The van der Waals surface area contributed by atoms with Crippen LogP contribution in [-0.4, -0.2) is 39.4 Å². The van der Waals surface area contributed by atoms with Crippen molar-refractivity contribution in [1.29, 1.82) is 0 Å². The first kappa shape index (κ1) is 19.4. The number of aryl methyl sites for hydroxylation is 1. The topological polar surface area (TPSA) is 57.7 Å². The monoisotopic (exact) mass is 386 g/mol. The van der Waals surface area contributed by atoms with Crippen LogP contribution in [-0.2, 0) is 10.0 Å². The molecular formula is C21H26N2O3S. The van der Waals surface area contributed by atoms with Gasteiger partial charge in [0.1, 0.15) is 0 Å². The third-order valence-corrected chi connectivity index (χ3v) is 6.96. The van der Waals surface area contributed by atoms with E-state index in [4.69, 9.17) is 0 Å². The molecule has 5 nitrogen and oxygen atoms in total. The van der Waals surface area contributed by atoms with E-state index in [1.54, 1.807) is 18.2 Å². The molecule has 0 aromatic heterocycles. The van der Waals surface area contributed by atoms with E-state index >= 15 is 0 Å². The number of hydrogen-bond donors (Lipinski definition) is 0. The molecule has 6 heteroatoms. The minimum absolute atomic E-state index is 0.0999. The van der Waals surface area contributed by atoms with Crippen LogP contribution in [0.5, 0.6) is 0 Å². The zero-order valence-corrected chi connectivity index (χ0v) is 16.9. The summed E-state index contributed by atoms with van der Waals surface area (Å²) in [6.07, 6.45) is 1.97. The molecule has 0 N–H and O–H groups in total. The number of piperidine rings is 1. The summed E-state index contributed by atoms with van der Waals surface area (Å²) in [6, 6.07) is 13.7. The van der Waals surface area contributed by atoms with Crippen LogP contribution in [0.3, 0.4) is 0 Å². The second kappa shape index (κ2) is 7.72. The molecule has 1 heterocycles. The minimum atomic E-state index is -3.74. The van der Waals surface area contributed by atoms with Crippen molar-refractivity contribution in [3.63, 3.8) is 0 Å². The summed E-state index contributed by atoms with van der Waals surface area (Å²) in [6.45, 7) is 5.55. The molecule has 1 aliphatic rings. The highest BCUT2D eigenvalue weighted by molar-refractivity contribution is 7.92. The zero-order valence-electron chi connectivity index (χ0n) is 16.1. The first-order valence-corrected chi connectivity index (χ1v) is 10.7. The van der Waals surface area contributed by atoms with Crippen LogP contribution in [0.1, 0.15) is 35.7 Å². The normalized spacial score (nSPS) is 15.6. The Morgan fingerprint density at radius 1 is 1.07 bits per heavy atom. The highest BCUT2D eigenvalue weighted by Crippen LogP contribution is 2.24. The minimum Gasteiger partial charge on any atom is -0.339 e. The fraction of sp³-hybridized carbons (Fsp3) is 0.381. The summed E-state index contributed by atoms with van der Waals surface area (Å²) >= 11 is 0. The number of anilines is 1. The number of carbonyl (C=O) groups excluding carboxylic acids is 1. The van der Waals surface area contributed by atoms with E-state index in [0.717, 1.165) is 31.5 Å². The van der Waals surface area contributed by atoms with Crippen LogP contribution >= 0.6 is 0 Å². The third-order valence-electron chi connectivity index (χ3n) is 5.18. The van der Waals surface area contributed by atoms with Gasteiger partial charge in [0.15, 0.2) is 0 Å². The van der Waals surface area contributed by atoms with Crippen LogP contribution in [0, 0.1) is 12.8 Å². The quantitative estimate of drug-likeness (QED) is 0.805. The van der Waals surface area contributed by atoms with Crippen molar-refractivity contribution in [2.24, 2.45) is 5.92 Å². The number of likely N-dealkylation sites (tertiary alicyclic amines) is 1. The van der Waals surface area contributed by atoms with E-state index in [2.05, 4.69) is 6.92 Å². The molecule has 3 rings (SSSR count). The van der Waals surface area contributed by atoms with Crippen molar-refractivity contribution in [3.8, 4) is 0 Å². The smallest absolute Gasteiger partial charge is 0.264 e. The molecule has 0 saturated carbocycles. The summed E-state index contributed by atoms with van der Waals surface area (Å²) in [5.74, 6) is 0.529. The first-order valence-electron chi connectivity index (χ1n) is 9.24. The van der Waals surface area contributed by atoms with E-state index in [0.29, 0.717) is 17.2 Å². The molecule has 0 radical (unpaired) electrons. The predicted octanol–water partition coefficient (Wildman–Crippen LogP) is 3.69. The zero-order chi connectivity index (χ0) is 19.6. The summed E-state index contributed by atoms with van der Waals surface area (Å²) < 4.78 is 27.3. The molecule has 0 aliphatic carbocycles. The van der Waals surface area contributed by atoms with Gasteiger partial charge in [-0.15, -0.1) is 0 Å². The number of benzene rings is 2. The van der Waals surface area contributed by atoms with E-state index < -0.39 is 10.0 Å². The van der Waals surface area contributed by atoms with Crippen molar-refractivity contribution in [3.05, 3.63) is 59.7 Å². The summed E-state index contributed by atoms with van der Waals surface area (Å²) in [7, 11) is -2.21. The number of sulfonamides is 1. The van der Waals surface area contributed by atoms with E-state index in [-0.39, 0.29) is 10.8 Å². The molecule has 1 aliphatic heterocycles. The van der Waals surface area contributed by atoms with Gasteiger partial charge in [-0.3, -0.25) is 9.10 Å². The summed E-state index contributed by atoms with van der Waals surface area (Å²) in [5.41, 5.74) is 2.00. The van der Waals surface area contributed by atoms with Crippen molar-refractivity contribution >= 4 is 21.6 Å². The van der Waals surface area contributed by atoms with Crippen LogP contribution in [0.4, 0.5) is 5.69 Å². The van der Waals surface area contributed by atoms with Gasteiger partial charge in [-0.2, -0.15) is 0 Å². The van der Waals surface area contributed by atoms with Crippen molar-refractivity contribution < 1.29 is 13.2 Å². The van der Waals surface area contributed by atoms with Crippen molar-refractivity contribution in [1.82, 2.24) is 4.90 Å². The molecule has 0 unspecified atom stereocenters. The molecule has 27 heavy (non-hydrogen) atoms. The van der Waals surface area contributed by atoms with Gasteiger partial charge >= 0.3 is 0 Å². The molecule has 1 saturated heterocycles. The van der Waals surface area contributed by atoms with Crippen LogP contribution in [0.2, 0.25) is 0 Å². The van der Waals surface area contributed by atoms with Gasteiger partial charge in [0, 0.05) is 25.7 Å². The predicted molar refractivity (Wildman–Crippen MR) is 108 cm³/mol. The van der Waals surface area contributed by atoms with Gasteiger partial charge < -0.3 is 4.90 Å². The lowest BCUT2D eigenvalue weighted by Gasteiger charge is -2.30. The molecule has 1 amide bonds. The van der Waals surface area contributed by atoms with E-state index in [9.17, 15) is 13.2 Å². The third kappa shape index (κ3) is 4.16. The molecular weight excluding hydrogens is 360 g/mol. The first-order chi connectivity index (χ1) is 12.8. The lowest BCUT2D eigenvalue weighted by molar-refractivity contribution is 0.0697. The van der Waals surface area contributed by atoms with Gasteiger partial charge in [0.25, 0.3) is 15.9 Å². The second-order valence-corrected chi connectivity index (χ2v) is 9.28. The standard InChI is InChI=1S/C21H26N2O3S/c1-16-10-12-23(13-11-16)21(24)18-7-5-9-20(15-18)27(25,26)22(3)19-8-4-6-17(2)14-19/h4-9,14-16H,10-13H2,1-3H3. The van der Waals surface area contributed by atoms with Gasteiger partial charge in [0.05, 0.1) is 10.6 Å². The van der Waals surface area contributed by atoms with E-state index in [1.165, 1.54) is 23.5 Å². The van der Waals surface area contributed by atoms with Gasteiger partial charge in [0.2, 0.25) is 0 Å². The Hall–Kier alpha value is -2.34. The number of amides is 1. The lowest BCUT2D eigenvalue weighted by Crippen LogP contribution is -2.38. The van der Waals surface area contributed by atoms with Crippen molar-refractivity contribution in [2.45, 2.75) is 31.6 Å². The Balaban J connectivity index is 1.86. The average Bonchev–Trinajstić information content (AvgIpc) is 2.67. The molecule has 0 atom stereocenters. The number of carbonyl (C=O) groups is 1. The van der Waals surface area contributed by atoms with Crippen LogP contribution in [0.25, 0.3) is 0 Å². The Kier molecular flexibility index (Phi) is 5.56. The maximum Gasteiger partial charge on any atom is 0.264 e. The van der Waals surface area contributed by atoms with Gasteiger partial charge in [-0.05, 0) is 61.6 Å². The molecule has 1 fully saturated rings. The molecule has 144 valence electrons. The van der Waals surface area contributed by atoms with Crippen LogP contribution in [0.15, 0.2) is 53.4 Å². The number of nitrogens with zero attached hydrogens (tertiary/aromatic N) is 2. The molecule has 2 aromatic carbocycles. The van der Waals surface area contributed by atoms with E-state index in [1.807, 2.05) is 30.0 Å². The highest BCUT2D eigenvalue weighted by atomic mass is 32.2. The Morgan fingerprint density at radius 3 is 2.41 bits per heavy atom. The molecule has 0 spiro atoms. The number of rotatable bonds is 4. The fourth-order valence-corrected chi connectivity index (χ4v) is 4.54. The summed E-state index contributed by atoms with van der Waals surface area (Å²) in [5, 5.41) is 0. The fourth-order valence-electron chi connectivity index (χ4n) is 3.30. The second-order valence-electron chi connectivity index (χ2n) is 7.31. The molecule has 2 aromatic rings. The van der Waals surface area contributed by atoms with Gasteiger partial charge in [-0.1, -0.05) is 25.1 Å². The molecule has 0 bridgehead atoms. The Morgan fingerprint density at radius 2 is 1.74 bits per heavy atom. The van der Waals surface area contributed by atoms with Crippen LogP contribution < -0.4 is 4.31 Å². The van der Waals surface area contributed by atoms with Crippen molar-refractivity contribution in [2.75, 3.05) is 24.4 Å². The average molecular weight is 387 g/mol. The maximum absolute atomic E-state index is 13.0. The largest absolute Gasteiger partial charge is 0.339 e. The Labute approximate surface area is 161 Å². The maximum atomic E-state index is 13.0. The SMILES string of the molecule is Cc1cccc(N(C)S(=O)(=O)c2cccc(C(=O)N3CCC(C)CC3)c2)c1.